The minimum atomic E-state index is 0.445. The third-order valence-electron chi connectivity index (χ3n) is 3.55. The first kappa shape index (κ1) is 11.7. The molecule has 0 aromatic carbocycles. The van der Waals surface area contributed by atoms with E-state index in [1.54, 1.807) is 0 Å². The van der Waals surface area contributed by atoms with E-state index in [-0.39, 0.29) is 0 Å². The zero-order valence-corrected chi connectivity index (χ0v) is 10.7. The third-order valence-corrected chi connectivity index (χ3v) is 5.09. The smallest absolute Gasteiger partial charge is 0.0561 e. The van der Waals surface area contributed by atoms with Crippen LogP contribution in [0.2, 0.25) is 0 Å². The molecule has 1 N–H and O–H groups in total. The molecule has 2 fully saturated rings. The molecule has 2 saturated heterocycles. The van der Waals surface area contributed by atoms with Gasteiger partial charge in [0, 0.05) is 23.9 Å². The minimum absolute atomic E-state index is 0.445. The summed E-state index contributed by atoms with van der Waals surface area (Å²) in [7, 11) is 0. The molecule has 0 saturated carbocycles. The second kappa shape index (κ2) is 5.07. The van der Waals surface area contributed by atoms with Gasteiger partial charge in [0.05, 0.1) is 6.10 Å². The maximum atomic E-state index is 5.56. The van der Waals surface area contributed by atoms with Crippen LogP contribution in [-0.4, -0.2) is 35.8 Å². The van der Waals surface area contributed by atoms with Gasteiger partial charge in [0.1, 0.15) is 0 Å². The lowest BCUT2D eigenvalue weighted by atomic mass is 10.0. The molecule has 0 bridgehead atoms. The molecule has 3 unspecified atom stereocenters. The quantitative estimate of drug-likeness (QED) is 0.803. The first-order valence-corrected chi connectivity index (χ1v) is 7.15. The lowest BCUT2D eigenvalue weighted by Gasteiger charge is -2.31. The predicted molar refractivity (Wildman–Crippen MR) is 66.5 cm³/mol. The molecule has 88 valence electrons. The van der Waals surface area contributed by atoms with Crippen molar-refractivity contribution >= 4 is 11.8 Å². The van der Waals surface area contributed by atoms with Gasteiger partial charge in [-0.2, -0.15) is 11.8 Å². The summed E-state index contributed by atoms with van der Waals surface area (Å²) in [4.78, 5) is 0. The van der Waals surface area contributed by atoms with Crippen molar-refractivity contribution in [1.82, 2.24) is 5.32 Å². The second-order valence-corrected chi connectivity index (χ2v) is 6.87. The van der Waals surface area contributed by atoms with E-state index in [1.165, 1.54) is 38.0 Å². The number of rotatable bonds is 3. The molecular formula is C12H23NOS. The number of nitrogens with one attached hydrogen (secondary N) is 1. The normalized spacial score (nSPS) is 42.0. The van der Waals surface area contributed by atoms with Crippen LogP contribution in [0.5, 0.6) is 0 Å². The number of ether oxygens (including phenoxy) is 1. The zero-order valence-electron chi connectivity index (χ0n) is 9.92. The van der Waals surface area contributed by atoms with Gasteiger partial charge in [0.15, 0.2) is 0 Å². The molecule has 3 heteroatoms. The zero-order chi connectivity index (χ0) is 10.7. The minimum Gasteiger partial charge on any atom is -0.378 e. The molecule has 2 aliphatic heterocycles. The summed E-state index contributed by atoms with van der Waals surface area (Å²) in [5.41, 5.74) is 0. The van der Waals surface area contributed by atoms with Gasteiger partial charge in [0.25, 0.3) is 0 Å². The van der Waals surface area contributed by atoms with Crippen LogP contribution in [0, 0.1) is 0 Å². The molecule has 15 heavy (non-hydrogen) atoms. The summed E-state index contributed by atoms with van der Waals surface area (Å²) in [5.74, 6) is 1.35. The van der Waals surface area contributed by atoms with Gasteiger partial charge in [-0.3, -0.25) is 0 Å². The van der Waals surface area contributed by atoms with Crippen molar-refractivity contribution in [3.8, 4) is 0 Å². The van der Waals surface area contributed by atoms with Gasteiger partial charge in [-0.15, -0.1) is 0 Å². The molecule has 0 aromatic rings. The molecule has 0 aliphatic carbocycles. The maximum Gasteiger partial charge on any atom is 0.0561 e. The van der Waals surface area contributed by atoms with Crippen LogP contribution in [0.4, 0.5) is 0 Å². The Balaban J connectivity index is 1.72. The van der Waals surface area contributed by atoms with Crippen molar-refractivity contribution in [3.05, 3.63) is 0 Å². The lowest BCUT2D eigenvalue weighted by Crippen LogP contribution is -2.43. The van der Waals surface area contributed by atoms with Gasteiger partial charge in [0.2, 0.25) is 0 Å². The fourth-order valence-corrected chi connectivity index (χ4v) is 3.78. The van der Waals surface area contributed by atoms with Crippen LogP contribution in [0.25, 0.3) is 0 Å². The standard InChI is InChI=1S/C12H23NOS/c1-10-8-11(4-6-14-10)13-9-12(2)5-3-7-15-12/h10-11,13H,3-9H2,1-2H3. The number of hydrogen-bond acceptors (Lipinski definition) is 3. The molecule has 0 radical (unpaired) electrons. The van der Waals surface area contributed by atoms with Gasteiger partial charge in [-0.05, 0) is 45.3 Å². The van der Waals surface area contributed by atoms with Crippen molar-refractivity contribution < 1.29 is 4.74 Å². The van der Waals surface area contributed by atoms with E-state index in [1.807, 2.05) is 0 Å². The predicted octanol–water partition coefficient (Wildman–Crippen LogP) is 2.43. The van der Waals surface area contributed by atoms with E-state index in [0.29, 0.717) is 16.9 Å². The Bertz CT molecular complexity index is 204. The molecule has 0 spiro atoms. The maximum absolute atomic E-state index is 5.56. The monoisotopic (exact) mass is 229 g/mol. The molecule has 0 amide bonds. The van der Waals surface area contributed by atoms with E-state index in [9.17, 15) is 0 Å². The molecule has 2 aliphatic rings. The summed E-state index contributed by atoms with van der Waals surface area (Å²) < 4.78 is 6.06. The third kappa shape index (κ3) is 3.36. The van der Waals surface area contributed by atoms with Crippen LogP contribution < -0.4 is 5.32 Å². The van der Waals surface area contributed by atoms with Crippen LogP contribution in [0.1, 0.15) is 39.5 Å². The van der Waals surface area contributed by atoms with Crippen LogP contribution in [0.15, 0.2) is 0 Å². The fraction of sp³-hybridized carbons (Fsp3) is 1.00. The van der Waals surface area contributed by atoms with Gasteiger partial charge >= 0.3 is 0 Å². The number of hydrogen-bond donors (Lipinski definition) is 1. The molecule has 0 aromatic heterocycles. The topological polar surface area (TPSA) is 21.3 Å². The van der Waals surface area contributed by atoms with E-state index in [4.69, 9.17) is 4.74 Å². The van der Waals surface area contributed by atoms with Crippen molar-refractivity contribution in [2.24, 2.45) is 0 Å². The first-order valence-electron chi connectivity index (χ1n) is 6.17. The highest BCUT2D eigenvalue weighted by atomic mass is 32.2. The average Bonchev–Trinajstić information content (AvgIpc) is 2.63. The Morgan fingerprint density at radius 1 is 1.53 bits per heavy atom. The van der Waals surface area contributed by atoms with Crippen molar-refractivity contribution in [2.45, 2.75) is 56.4 Å². The van der Waals surface area contributed by atoms with Gasteiger partial charge < -0.3 is 10.1 Å². The van der Waals surface area contributed by atoms with Crippen molar-refractivity contribution in [3.63, 3.8) is 0 Å². The summed E-state index contributed by atoms with van der Waals surface area (Å²) in [6.45, 7) is 6.69. The summed E-state index contributed by atoms with van der Waals surface area (Å²) in [6.07, 6.45) is 5.59. The Morgan fingerprint density at radius 2 is 2.40 bits per heavy atom. The Labute approximate surface area is 97.5 Å². The van der Waals surface area contributed by atoms with Crippen LogP contribution in [-0.2, 0) is 4.74 Å². The SMILES string of the molecule is CC1CC(NCC2(C)CCCS2)CCO1. The lowest BCUT2D eigenvalue weighted by molar-refractivity contribution is 0.0130. The molecular weight excluding hydrogens is 206 g/mol. The van der Waals surface area contributed by atoms with Gasteiger partial charge in [-0.25, -0.2) is 0 Å². The van der Waals surface area contributed by atoms with E-state index < -0.39 is 0 Å². The first-order chi connectivity index (χ1) is 7.18. The van der Waals surface area contributed by atoms with E-state index in [2.05, 4.69) is 30.9 Å². The average molecular weight is 229 g/mol. The number of thioether (sulfide) groups is 1. The fourth-order valence-electron chi connectivity index (χ4n) is 2.52. The molecule has 2 rings (SSSR count). The highest BCUT2D eigenvalue weighted by Gasteiger charge is 2.30. The van der Waals surface area contributed by atoms with Crippen LogP contribution in [0.3, 0.4) is 0 Å². The molecule has 3 atom stereocenters. The van der Waals surface area contributed by atoms with Crippen molar-refractivity contribution in [2.75, 3.05) is 18.9 Å². The Morgan fingerprint density at radius 3 is 3.07 bits per heavy atom. The largest absolute Gasteiger partial charge is 0.378 e. The van der Waals surface area contributed by atoms with Gasteiger partial charge in [-0.1, -0.05) is 0 Å². The van der Waals surface area contributed by atoms with Crippen LogP contribution >= 0.6 is 11.8 Å². The van der Waals surface area contributed by atoms with E-state index in [0.717, 1.165) is 6.61 Å². The summed E-state index contributed by atoms with van der Waals surface area (Å²) in [5, 5.41) is 3.73. The van der Waals surface area contributed by atoms with E-state index >= 15 is 0 Å². The summed E-state index contributed by atoms with van der Waals surface area (Å²) >= 11 is 2.14. The summed E-state index contributed by atoms with van der Waals surface area (Å²) in [6, 6.07) is 0.687. The highest BCUT2D eigenvalue weighted by Crippen LogP contribution is 2.37. The van der Waals surface area contributed by atoms with Crippen molar-refractivity contribution in [1.29, 1.82) is 0 Å². The highest BCUT2D eigenvalue weighted by molar-refractivity contribution is 8.00. The second-order valence-electron chi connectivity index (χ2n) is 5.19. The Hall–Kier alpha value is 0.270. The molecule has 2 heterocycles. The Kier molecular flexibility index (Phi) is 3.97. The molecule has 2 nitrogen and oxygen atoms in total.